The topological polar surface area (TPSA) is 72.5 Å². The van der Waals surface area contributed by atoms with Crippen LogP contribution >= 0.6 is 0 Å². The van der Waals surface area contributed by atoms with Crippen LogP contribution in [0.25, 0.3) is 0 Å². The van der Waals surface area contributed by atoms with Gasteiger partial charge in [-0.1, -0.05) is 0 Å². The van der Waals surface area contributed by atoms with Gasteiger partial charge in [0.1, 0.15) is 0 Å². The van der Waals surface area contributed by atoms with Gasteiger partial charge in [0.2, 0.25) is 0 Å². The molecule has 0 radical (unpaired) electrons. The molecule has 1 rings (SSSR count). The molecule has 4 nitrogen and oxygen atoms in total. The maximum atomic E-state index is 10.3. The predicted octanol–water partition coefficient (Wildman–Crippen LogP) is 0.0553. The van der Waals surface area contributed by atoms with Gasteiger partial charge in [0.05, 0.1) is 0 Å². The Balaban J connectivity index is 2.79. The fraction of sp³-hybridized carbons (Fsp3) is 0. The Labute approximate surface area is 68.6 Å². The number of hydrogen-bond donors (Lipinski definition) is 2. The Morgan fingerprint density at radius 3 is 2.82 bits per heavy atom. The van der Waals surface area contributed by atoms with Crippen LogP contribution in [0.3, 0.4) is 0 Å². The normalized spacial score (nSPS) is 9.09. The Hall–Kier alpha value is -1.04. The molecule has 3 N–H and O–H groups in total. The van der Waals surface area contributed by atoms with Crippen LogP contribution in [0, 0.1) is 0 Å². The fourth-order valence-corrected chi connectivity index (χ4v) is 1.37. The van der Waals surface area contributed by atoms with Crippen LogP contribution < -0.4 is 9.50 Å². The van der Waals surface area contributed by atoms with Gasteiger partial charge in [-0.25, -0.2) is 0 Å². The van der Waals surface area contributed by atoms with Gasteiger partial charge in [0, 0.05) is 0 Å². The van der Waals surface area contributed by atoms with Crippen LogP contribution in [0.1, 0.15) is 0 Å². The van der Waals surface area contributed by atoms with Gasteiger partial charge in [0.15, 0.2) is 0 Å². The third kappa shape index (κ3) is 2.59. The number of benzene rings is 1. The van der Waals surface area contributed by atoms with Crippen molar-refractivity contribution in [2.24, 2.45) is 0 Å². The molecule has 0 heterocycles. The molecule has 0 fully saturated rings. The molecule has 0 aliphatic heterocycles. The predicted molar refractivity (Wildman–Crippen MR) is 40.1 cm³/mol. The molecule has 0 bridgehead atoms. The van der Waals surface area contributed by atoms with Crippen molar-refractivity contribution in [3.63, 3.8) is 0 Å². The van der Waals surface area contributed by atoms with Crippen molar-refractivity contribution in [2.75, 3.05) is 5.73 Å². The zero-order valence-corrected chi connectivity index (χ0v) is 7.75. The average molecular weight is 214 g/mol. The van der Waals surface area contributed by atoms with Crippen LogP contribution in [0.5, 0.6) is 5.75 Å². The second-order valence-electron chi connectivity index (χ2n) is 1.94. The first kappa shape index (κ1) is 8.06. The quantitative estimate of drug-likeness (QED) is 0.538. The summed E-state index contributed by atoms with van der Waals surface area (Å²) >= 11 is -3.46. The molecule has 0 atom stereocenters. The first-order valence-electron chi connectivity index (χ1n) is 2.95. The number of rotatable bonds is 2. The van der Waals surface area contributed by atoms with Gasteiger partial charge in [-0.2, -0.15) is 0 Å². The monoisotopic (exact) mass is 215 g/mol. The minimum atomic E-state index is -3.46. The van der Waals surface area contributed by atoms with Crippen molar-refractivity contribution in [1.29, 1.82) is 0 Å². The number of nitrogen functional groups attached to an aromatic ring is 1. The van der Waals surface area contributed by atoms with Gasteiger partial charge in [-0.3, -0.25) is 0 Å². The molecule has 1 aromatic rings. The van der Waals surface area contributed by atoms with Gasteiger partial charge < -0.3 is 0 Å². The van der Waals surface area contributed by atoms with Crippen molar-refractivity contribution in [2.45, 2.75) is 0 Å². The van der Waals surface area contributed by atoms with Crippen molar-refractivity contribution < 1.29 is 11.7 Å². The van der Waals surface area contributed by atoms with Crippen molar-refractivity contribution in [3.8, 4) is 5.75 Å². The molecule has 0 aliphatic carbocycles. The molecule has 0 amide bonds. The van der Waals surface area contributed by atoms with Gasteiger partial charge in [0.25, 0.3) is 0 Å². The van der Waals surface area contributed by atoms with E-state index in [9.17, 15) is 3.78 Å². The Kier molecular flexibility index (Phi) is 2.48. The zero-order valence-electron chi connectivity index (χ0n) is 5.65. The fourth-order valence-electron chi connectivity index (χ4n) is 0.679. The third-order valence-corrected chi connectivity index (χ3v) is 1.92. The summed E-state index contributed by atoms with van der Waals surface area (Å²) in [6.07, 6.45) is 0. The second kappa shape index (κ2) is 3.38. The molecule has 0 aliphatic rings. The van der Waals surface area contributed by atoms with E-state index in [0.717, 1.165) is 0 Å². The summed E-state index contributed by atoms with van der Waals surface area (Å²) in [5.74, 6) is 0.345. The molecular weight excluding hydrogens is 207 g/mol. The van der Waals surface area contributed by atoms with Crippen LogP contribution in [0.4, 0.5) is 5.69 Å². The summed E-state index contributed by atoms with van der Waals surface area (Å²) in [5, 5.41) is 0. The molecule has 0 spiro atoms. The molecule has 0 saturated carbocycles. The van der Waals surface area contributed by atoms with E-state index in [1.165, 1.54) is 6.07 Å². The Bertz CT molecular complexity index is 276. The summed E-state index contributed by atoms with van der Waals surface area (Å²) in [6, 6.07) is 6.42. The number of anilines is 1. The SMILES string of the molecule is Nc1cccc([O][Ge](=[O])[OH])c1. The summed E-state index contributed by atoms with van der Waals surface area (Å²) < 4.78 is 23.3. The second-order valence-corrected chi connectivity index (χ2v) is 3.48. The number of hydrogen-bond acceptors (Lipinski definition) is 3. The Morgan fingerprint density at radius 1 is 1.55 bits per heavy atom. The van der Waals surface area contributed by atoms with E-state index >= 15 is 0 Å². The third-order valence-electron chi connectivity index (χ3n) is 1.06. The number of nitrogens with two attached hydrogens (primary N) is 1. The molecule has 0 aromatic heterocycles. The van der Waals surface area contributed by atoms with Crippen molar-refractivity contribution >= 4 is 20.6 Å². The Morgan fingerprint density at radius 2 is 2.27 bits per heavy atom. The van der Waals surface area contributed by atoms with Gasteiger partial charge in [-0.15, -0.1) is 0 Å². The van der Waals surface area contributed by atoms with Crippen molar-refractivity contribution in [1.82, 2.24) is 0 Å². The molecule has 0 saturated heterocycles. The molecule has 1 aromatic carbocycles. The van der Waals surface area contributed by atoms with E-state index in [0.29, 0.717) is 11.4 Å². The van der Waals surface area contributed by atoms with E-state index in [2.05, 4.69) is 3.76 Å². The first-order valence-corrected chi connectivity index (χ1v) is 5.60. The molecule has 11 heavy (non-hydrogen) atoms. The van der Waals surface area contributed by atoms with Crippen LogP contribution in [-0.2, 0) is 3.78 Å². The maximum absolute atomic E-state index is 10.3. The van der Waals surface area contributed by atoms with Gasteiger partial charge in [-0.05, 0) is 0 Å². The average Bonchev–Trinajstić information content (AvgIpc) is 1.85. The molecule has 5 heteroatoms. The van der Waals surface area contributed by atoms with Gasteiger partial charge >= 0.3 is 68.1 Å². The standard InChI is InChI=1S/C6H7GeNO3/c8-5-2-1-3-6(4-5)11-7(9)10/h1-4,9H,8H2. The summed E-state index contributed by atoms with van der Waals surface area (Å²) in [7, 11) is 0. The van der Waals surface area contributed by atoms with E-state index in [1.807, 2.05) is 0 Å². The van der Waals surface area contributed by atoms with Crippen LogP contribution in [0.2, 0.25) is 0 Å². The van der Waals surface area contributed by atoms with Crippen LogP contribution in [-0.4, -0.2) is 19.1 Å². The van der Waals surface area contributed by atoms with Crippen molar-refractivity contribution in [3.05, 3.63) is 24.3 Å². The summed E-state index contributed by atoms with van der Waals surface area (Å²) in [5.41, 5.74) is 5.90. The molecule has 58 valence electrons. The van der Waals surface area contributed by atoms with E-state index in [1.54, 1.807) is 18.2 Å². The van der Waals surface area contributed by atoms with E-state index in [-0.39, 0.29) is 0 Å². The van der Waals surface area contributed by atoms with E-state index < -0.39 is 15.0 Å². The summed E-state index contributed by atoms with van der Waals surface area (Å²) in [6.45, 7) is 0. The molecular formula is C6H7GeNO3. The van der Waals surface area contributed by atoms with E-state index in [4.69, 9.17) is 9.87 Å². The zero-order chi connectivity index (χ0) is 8.27. The first-order chi connectivity index (χ1) is 5.18. The van der Waals surface area contributed by atoms with Crippen LogP contribution in [0.15, 0.2) is 24.3 Å². The molecule has 0 unspecified atom stereocenters. The summed E-state index contributed by atoms with van der Waals surface area (Å²) in [4.78, 5) is 0. The minimum absolute atomic E-state index is 0.345.